The Morgan fingerprint density at radius 1 is 1.14 bits per heavy atom. The van der Waals surface area contributed by atoms with Crippen LogP contribution in [0, 0.1) is 5.92 Å². The summed E-state index contributed by atoms with van der Waals surface area (Å²) < 4.78 is 10.8. The third kappa shape index (κ3) is 4.71. The van der Waals surface area contributed by atoms with Gasteiger partial charge in [-0.15, -0.1) is 0 Å². The summed E-state index contributed by atoms with van der Waals surface area (Å²) in [5.74, 6) is 0.128. The van der Waals surface area contributed by atoms with E-state index in [-0.39, 0.29) is 11.9 Å². The SMILES string of the molecule is COC(=O)C1=C(C(C)C)NC(=O)NC1c1ccc(OCc2ccccc2Cl)cc1. The third-order valence-corrected chi connectivity index (χ3v) is 5.02. The molecular weight excluding hydrogens is 392 g/mol. The summed E-state index contributed by atoms with van der Waals surface area (Å²) in [6.45, 7) is 4.16. The Morgan fingerprint density at radius 3 is 2.45 bits per heavy atom. The maximum absolute atomic E-state index is 12.4. The number of esters is 1. The number of halogens is 1. The second-order valence-corrected chi connectivity index (χ2v) is 7.36. The quantitative estimate of drug-likeness (QED) is 0.689. The van der Waals surface area contributed by atoms with Gasteiger partial charge in [-0.2, -0.15) is 0 Å². The minimum atomic E-state index is -0.605. The van der Waals surface area contributed by atoms with Gasteiger partial charge in [0.15, 0.2) is 0 Å². The smallest absolute Gasteiger partial charge is 0.337 e. The summed E-state index contributed by atoms with van der Waals surface area (Å²) in [4.78, 5) is 24.6. The Bertz CT molecular complexity index is 938. The molecule has 0 radical (unpaired) electrons. The van der Waals surface area contributed by atoms with Crippen molar-refractivity contribution >= 4 is 23.6 Å². The molecule has 0 fully saturated rings. The van der Waals surface area contributed by atoms with Crippen LogP contribution in [0.5, 0.6) is 5.75 Å². The lowest BCUT2D eigenvalue weighted by Crippen LogP contribution is -2.47. The van der Waals surface area contributed by atoms with Gasteiger partial charge in [-0.1, -0.05) is 55.8 Å². The van der Waals surface area contributed by atoms with Gasteiger partial charge in [0.2, 0.25) is 0 Å². The molecule has 1 unspecified atom stereocenters. The molecule has 0 bridgehead atoms. The fraction of sp³-hybridized carbons (Fsp3) is 0.273. The van der Waals surface area contributed by atoms with E-state index in [1.54, 1.807) is 12.1 Å². The lowest BCUT2D eigenvalue weighted by atomic mass is 9.91. The van der Waals surface area contributed by atoms with Gasteiger partial charge in [0.05, 0.1) is 18.7 Å². The number of allylic oxidation sites excluding steroid dienone is 1. The lowest BCUT2D eigenvalue weighted by Gasteiger charge is -2.30. The van der Waals surface area contributed by atoms with E-state index in [4.69, 9.17) is 21.1 Å². The van der Waals surface area contributed by atoms with Crippen LogP contribution in [0.1, 0.15) is 31.0 Å². The van der Waals surface area contributed by atoms with E-state index in [1.807, 2.05) is 50.2 Å². The summed E-state index contributed by atoms with van der Waals surface area (Å²) in [7, 11) is 1.33. The van der Waals surface area contributed by atoms with Crippen LogP contribution in [0.25, 0.3) is 0 Å². The number of benzene rings is 2. The Labute approximate surface area is 174 Å². The molecule has 3 rings (SSSR count). The first-order valence-corrected chi connectivity index (χ1v) is 9.64. The third-order valence-electron chi connectivity index (χ3n) is 4.65. The van der Waals surface area contributed by atoms with E-state index in [0.29, 0.717) is 28.6 Å². The molecule has 2 aromatic rings. The zero-order valence-corrected chi connectivity index (χ0v) is 17.2. The number of methoxy groups -OCH3 is 1. The number of carbonyl (C=O) groups is 2. The topological polar surface area (TPSA) is 76.7 Å². The maximum Gasteiger partial charge on any atom is 0.337 e. The van der Waals surface area contributed by atoms with Gasteiger partial charge in [-0.25, -0.2) is 9.59 Å². The van der Waals surface area contributed by atoms with E-state index < -0.39 is 12.0 Å². The Morgan fingerprint density at radius 2 is 1.83 bits per heavy atom. The second kappa shape index (κ2) is 9.01. The molecule has 29 heavy (non-hydrogen) atoms. The van der Waals surface area contributed by atoms with E-state index in [2.05, 4.69) is 10.6 Å². The number of hydrogen-bond donors (Lipinski definition) is 2. The van der Waals surface area contributed by atoms with Gasteiger partial charge in [-0.3, -0.25) is 0 Å². The van der Waals surface area contributed by atoms with Gasteiger partial charge in [0.25, 0.3) is 0 Å². The second-order valence-electron chi connectivity index (χ2n) is 6.95. The Hall–Kier alpha value is -2.99. The van der Waals surface area contributed by atoms with Crippen molar-refractivity contribution in [3.05, 3.63) is 76.0 Å². The number of hydrogen-bond acceptors (Lipinski definition) is 4. The number of carbonyl (C=O) groups excluding carboxylic acids is 2. The molecule has 0 saturated heterocycles. The largest absolute Gasteiger partial charge is 0.489 e. The van der Waals surface area contributed by atoms with Crippen LogP contribution < -0.4 is 15.4 Å². The van der Waals surface area contributed by atoms with Crippen LogP contribution in [-0.4, -0.2) is 19.1 Å². The average molecular weight is 415 g/mol. The molecule has 1 heterocycles. The number of nitrogens with one attached hydrogen (secondary N) is 2. The highest BCUT2D eigenvalue weighted by atomic mass is 35.5. The van der Waals surface area contributed by atoms with Crippen molar-refractivity contribution in [3.63, 3.8) is 0 Å². The first kappa shape index (κ1) is 20.7. The minimum absolute atomic E-state index is 0.0455. The number of ether oxygens (including phenoxy) is 2. The molecule has 0 aliphatic carbocycles. The molecule has 1 aliphatic rings. The molecule has 1 atom stereocenters. The van der Waals surface area contributed by atoms with Gasteiger partial charge in [-0.05, 0) is 29.7 Å². The molecule has 2 amide bonds. The van der Waals surface area contributed by atoms with E-state index in [9.17, 15) is 9.59 Å². The van der Waals surface area contributed by atoms with Crippen molar-refractivity contribution in [1.29, 1.82) is 0 Å². The molecule has 2 N–H and O–H groups in total. The highest BCUT2D eigenvalue weighted by molar-refractivity contribution is 6.31. The monoisotopic (exact) mass is 414 g/mol. The van der Waals surface area contributed by atoms with Crippen LogP contribution in [0.2, 0.25) is 5.02 Å². The van der Waals surface area contributed by atoms with Gasteiger partial charge >= 0.3 is 12.0 Å². The first-order valence-electron chi connectivity index (χ1n) is 9.26. The van der Waals surface area contributed by atoms with Crippen molar-refractivity contribution in [3.8, 4) is 5.75 Å². The molecule has 152 valence electrons. The molecule has 1 aliphatic heterocycles. The highest BCUT2D eigenvalue weighted by Gasteiger charge is 2.34. The van der Waals surface area contributed by atoms with Gasteiger partial charge < -0.3 is 20.1 Å². The molecule has 7 heteroatoms. The first-order chi connectivity index (χ1) is 13.9. The predicted molar refractivity (Wildman–Crippen MR) is 111 cm³/mol. The number of urea groups is 1. The number of amides is 2. The number of rotatable bonds is 6. The van der Waals surface area contributed by atoms with Crippen LogP contribution >= 0.6 is 11.6 Å². The van der Waals surface area contributed by atoms with Crippen molar-refractivity contribution in [1.82, 2.24) is 10.6 Å². The molecule has 6 nitrogen and oxygen atoms in total. The zero-order valence-electron chi connectivity index (χ0n) is 16.5. The lowest BCUT2D eigenvalue weighted by molar-refractivity contribution is -0.136. The minimum Gasteiger partial charge on any atom is -0.489 e. The standard InChI is InChI=1S/C22H23ClN2O4/c1-13(2)19-18(21(26)28-3)20(25-22(27)24-19)14-8-10-16(11-9-14)29-12-15-6-4-5-7-17(15)23/h4-11,13,20H,12H2,1-3H3,(H2,24,25,27). The van der Waals surface area contributed by atoms with Crippen LogP contribution in [-0.2, 0) is 16.1 Å². The van der Waals surface area contributed by atoms with Crippen LogP contribution in [0.15, 0.2) is 59.8 Å². The van der Waals surface area contributed by atoms with Crippen LogP contribution in [0.3, 0.4) is 0 Å². The normalized spacial score (nSPS) is 16.3. The molecule has 2 aromatic carbocycles. The maximum atomic E-state index is 12.4. The van der Waals surface area contributed by atoms with Crippen molar-refractivity contribution in [2.24, 2.45) is 5.92 Å². The van der Waals surface area contributed by atoms with E-state index in [1.165, 1.54) is 7.11 Å². The van der Waals surface area contributed by atoms with E-state index >= 15 is 0 Å². The van der Waals surface area contributed by atoms with Crippen molar-refractivity contribution in [2.75, 3.05) is 7.11 Å². The molecule has 0 aromatic heterocycles. The van der Waals surface area contributed by atoms with Gasteiger partial charge in [0.1, 0.15) is 12.4 Å². The summed E-state index contributed by atoms with van der Waals surface area (Å²) >= 11 is 6.15. The average Bonchev–Trinajstić information content (AvgIpc) is 2.72. The molecule has 0 spiro atoms. The summed E-state index contributed by atoms with van der Waals surface area (Å²) in [5, 5.41) is 6.18. The fourth-order valence-electron chi connectivity index (χ4n) is 3.16. The molecule has 0 saturated carbocycles. The summed E-state index contributed by atoms with van der Waals surface area (Å²) in [5.41, 5.74) is 2.60. The Balaban J connectivity index is 1.83. The van der Waals surface area contributed by atoms with Gasteiger partial charge in [0, 0.05) is 16.3 Å². The summed E-state index contributed by atoms with van der Waals surface area (Å²) in [6.07, 6.45) is 0. The van der Waals surface area contributed by atoms with Crippen LogP contribution in [0.4, 0.5) is 4.79 Å². The van der Waals surface area contributed by atoms with E-state index in [0.717, 1.165) is 11.1 Å². The molecular formula is C22H23ClN2O4. The van der Waals surface area contributed by atoms with Crippen molar-refractivity contribution in [2.45, 2.75) is 26.5 Å². The summed E-state index contributed by atoms with van der Waals surface area (Å²) in [6, 6.07) is 13.8. The predicted octanol–water partition coefficient (Wildman–Crippen LogP) is 4.36. The van der Waals surface area contributed by atoms with Crippen molar-refractivity contribution < 1.29 is 19.1 Å². The zero-order chi connectivity index (χ0) is 21.0. The fourth-order valence-corrected chi connectivity index (χ4v) is 3.35. The highest BCUT2D eigenvalue weighted by Crippen LogP contribution is 2.31. The Kier molecular flexibility index (Phi) is 6.44.